The van der Waals surface area contributed by atoms with E-state index in [4.69, 9.17) is 0 Å². The maximum Gasteiger partial charge on any atom is 0.267 e. The van der Waals surface area contributed by atoms with Crippen LogP contribution in [0.25, 0.3) is 11.3 Å². The lowest BCUT2D eigenvalue weighted by molar-refractivity contribution is 1.06. The summed E-state index contributed by atoms with van der Waals surface area (Å²) < 4.78 is 1.02. The summed E-state index contributed by atoms with van der Waals surface area (Å²) in [6, 6.07) is 7.80. The molecular weight excluding hydrogens is 244 g/mol. The maximum absolute atomic E-state index is 11.2. The van der Waals surface area contributed by atoms with E-state index in [0.29, 0.717) is 5.56 Å². The zero-order valence-corrected chi connectivity index (χ0v) is 9.18. The van der Waals surface area contributed by atoms with Gasteiger partial charge in [0.15, 0.2) is 0 Å². The van der Waals surface area contributed by atoms with E-state index in [-0.39, 0.29) is 5.56 Å². The van der Waals surface area contributed by atoms with Gasteiger partial charge >= 0.3 is 0 Å². The predicted molar refractivity (Wildman–Crippen MR) is 59.3 cm³/mol. The Morgan fingerprint density at radius 1 is 1.14 bits per heavy atom. The summed E-state index contributed by atoms with van der Waals surface area (Å²) in [5.41, 5.74) is 2.50. The average Bonchev–Trinajstić information content (AvgIpc) is 2.50. The number of hydrogen-bond donors (Lipinski definition) is 2. The molecule has 0 radical (unpaired) electrons. The number of hydrogen-bond acceptors (Lipinski definition) is 1. The van der Waals surface area contributed by atoms with Crippen LogP contribution in [0.15, 0.2) is 33.5 Å². The smallest absolute Gasteiger partial charge is 0.267 e. The highest BCUT2D eigenvalue weighted by Crippen LogP contribution is 2.20. The van der Waals surface area contributed by atoms with Crippen molar-refractivity contribution < 1.29 is 0 Å². The van der Waals surface area contributed by atoms with E-state index in [1.807, 2.05) is 24.3 Å². The lowest BCUT2D eigenvalue weighted by Gasteiger charge is -1.98. The van der Waals surface area contributed by atoms with Gasteiger partial charge in [-0.25, -0.2) is 0 Å². The van der Waals surface area contributed by atoms with Crippen LogP contribution in [0.5, 0.6) is 0 Å². The SMILES string of the molecule is Cc1c(-c2ccc(Br)cc2)[nH][nH]c1=O. The Morgan fingerprint density at radius 3 is 2.29 bits per heavy atom. The van der Waals surface area contributed by atoms with Crippen LogP contribution in [0.4, 0.5) is 0 Å². The van der Waals surface area contributed by atoms with Crippen molar-refractivity contribution in [1.82, 2.24) is 10.2 Å². The standard InChI is InChI=1S/C10H9BrN2O/c1-6-9(12-13-10(6)14)7-2-4-8(11)5-3-7/h2-5H,1H3,(H2,12,13,14). The molecule has 0 spiro atoms. The number of H-pyrrole nitrogens is 2. The summed E-state index contributed by atoms with van der Waals surface area (Å²) in [6.07, 6.45) is 0. The van der Waals surface area contributed by atoms with Gasteiger partial charge in [0.2, 0.25) is 0 Å². The second kappa shape index (κ2) is 3.46. The maximum atomic E-state index is 11.2. The number of aromatic nitrogens is 2. The lowest BCUT2D eigenvalue weighted by Crippen LogP contribution is -2.00. The quantitative estimate of drug-likeness (QED) is 0.805. The van der Waals surface area contributed by atoms with Crippen molar-refractivity contribution in [3.05, 3.63) is 44.7 Å². The fourth-order valence-electron chi connectivity index (χ4n) is 1.33. The summed E-state index contributed by atoms with van der Waals surface area (Å²) in [4.78, 5) is 11.2. The van der Waals surface area contributed by atoms with Crippen LogP contribution < -0.4 is 5.56 Å². The molecule has 14 heavy (non-hydrogen) atoms. The zero-order chi connectivity index (χ0) is 10.1. The van der Waals surface area contributed by atoms with Crippen molar-refractivity contribution >= 4 is 15.9 Å². The Balaban J connectivity index is 2.55. The second-order valence-corrected chi connectivity index (χ2v) is 4.00. The summed E-state index contributed by atoms with van der Waals surface area (Å²) in [6.45, 7) is 1.80. The van der Waals surface area contributed by atoms with Crippen molar-refractivity contribution in [2.75, 3.05) is 0 Å². The fourth-order valence-corrected chi connectivity index (χ4v) is 1.59. The van der Waals surface area contributed by atoms with Crippen LogP contribution in [0, 0.1) is 6.92 Å². The van der Waals surface area contributed by atoms with Crippen molar-refractivity contribution in [3.8, 4) is 11.3 Å². The third-order valence-electron chi connectivity index (χ3n) is 2.15. The van der Waals surface area contributed by atoms with Gasteiger partial charge < -0.3 is 0 Å². The minimum atomic E-state index is -0.0667. The summed E-state index contributed by atoms with van der Waals surface area (Å²) in [5, 5.41) is 5.41. The van der Waals surface area contributed by atoms with Crippen LogP contribution in [0.2, 0.25) is 0 Å². The van der Waals surface area contributed by atoms with Gasteiger partial charge in [-0.1, -0.05) is 28.1 Å². The molecule has 4 heteroatoms. The Kier molecular flexibility index (Phi) is 2.29. The molecule has 1 heterocycles. The molecule has 2 aromatic rings. The Labute approximate surface area is 89.3 Å². The molecule has 0 aliphatic carbocycles. The number of halogens is 1. The van der Waals surface area contributed by atoms with E-state index in [2.05, 4.69) is 26.1 Å². The molecule has 0 aliphatic heterocycles. The molecule has 0 saturated carbocycles. The number of rotatable bonds is 1. The minimum absolute atomic E-state index is 0.0667. The van der Waals surface area contributed by atoms with Gasteiger partial charge in [0.05, 0.1) is 5.69 Å². The zero-order valence-electron chi connectivity index (χ0n) is 7.60. The van der Waals surface area contributed by atoms with E-state index in [1.165, 1.54) is 0 Å². The topological polar surface area (TPSA) is 48.6 Å². The predicted octanol–water partition coefficient (Wildman–Crippen LogP) is 2.44. The molecule has 2 rings (SSSR count). The molecular formula is C10H9BrN2O. The number of nitrogens with one attached hydrogen (secondary N) is 2. The van der Waals surface area contributed by atoms with Gasteiger partial charge in [-0.15, -0.1) is 0 Å². The Morgan fingerprint density at radius 2 is 1.79 bits per heavy atom. The van der Waals surface area contributed by atoms with E-state index in [0.717, 1.165) is 15.7 Å². The normalized spacial score (nSPS) is 10.4. The molecule has 0 amide bonds. The fraction of sp³-hybridized carbons (Fsp3) is 0.100. The second-order valence-electron chi connectivity index (χ2n) is 3.09. The molecule has 1 aromatic carbocycles. The molecule has 72 valence electrons. The molecule has 3 nitrogen and oxygen atoms in total. The van der Waals surface area contributed by atoms with Gasteiger partial charge in [0.1, 0.15) is 0 Å². The van der Waals surface area contributed by atoms with E-state index < -0.39 is 0 Å². The first-order valence-electron chi connectivity index (χ1n) is 4.21. The van der Waals surface area contributed by atoms with Gasteiger partial charge in [0, 0.05) is 10.0 Å². The van der Waals surface area contributed by atoms with Gasteiger partial charge in [0.25, 0.3) is 5.56 Å². The average molecular weight is 253 g/mol. The molecule has 0 bridgehead atoms. The first kappa shape index (κ1) is 9.27. The van der Waals surface area contributed by atoms with E-state index in [9.17, 15) is 4.79 Å². The minimum Gasteiger partial charge on any atom is -0.297 e. The van der Waals surface area contributed by atoms with E-state index in [1.54, 1.807) is 6.92 Å². The van der Waals surface area contributed by atoms with Crippen LogP contribution in [-0.4, -0.2) is 10.2 Å². The van der Waals surface area contributed by atoms with Crippen LogP contribution in [0.3, 0.4) is 0 Å². The lowest BCUT2D eigenvalue weighted by atomic mass is 10.1. The molecule has 0 unspecified atom stereocenters. The molecule has 0 atom stereocenters. The highest BCUT2D eigenvalue weighted by atomic mass is 79.9. The third-order valence-corrected chi connectivity index (χ3v) is 2.68. The van der Waals surface area contributed by atoms with Crippen molar-refractivity contribution in [1.29, 1.82) is 0 Å². The van der Waals surface area contributed by atoms with Crippen LogP contribution >= 0.6 is 15.9 Å². The van der Waals surface area contributed by atoms with Crippen molar-refractivity contribution in [2.45, 2.75) is 6.92 Å². The monoisotopic (exact) mass is 252 g/mol. The molecule has 0 fully saturated rings. The summed E-state index contributed by atoms with van der Waals surface area (Å²) >= 11 is 3.36. The summed E-state index contributed by atoms with van der Waals surface area (Å²) in [7, 11) is 0. The third kappa shape index (κ3) is 1.53. The Bertz CT molecular complexity index is 496. The first-order valence-corrected chi connectivity index (χ1v) is 5.01. The molecule has 1 aromatic heterocycles. The highest BCUT2D eigenvalue weighted by molar-refractivity contribution is 9.10. The Hall–Kier alpha value is -1.29. The molecule has 0 aliphatic rings. The van der Waals surface area contributed by atoms with Crippen LogP contribution in [0.1, 0.15) is 5.56 Å². The number of benzene rings is 1. The summed E-state index contributed by atoms with van der Waals surface area (Å²) in [5.74, 6) is 0. The van der Waals surface area contributed by atoms with Crippen molar-refractivity contribution in [2.24, 2.45) is 0 Å². The van der Waals surface area contributed by atoms with Crippen LogP contribution in [-0.2, 0) is 0 Å². The van der Waals surface area contributed by atoms with Gasteiger partial charge in [-0.2, -0.15) is 0 Å². The first-order chi connectivity index (χ1) is 6.68. The van der Waals surface area contributed by atoms with Gasteiger partial charge in [-0.05, 0) is 24.6 Å². The van der Waals surface area contributed by atoms with Crippen molar-refractivity contribution in [3.63, 3.8) is 0 Å². The number of aromatic amines is 2. The highest BCUT2D eigenvalue weighted by Gasteiger charge is 2.06. The largest absolute Gasteiger partial charge is 0.297 e. The molecule has 0 saturated heterocycles. The molecule has 2 N–H and O–H groups in total. The van der Waals surface area contributed by atoms with Gasteiger partial charge in [-0.3, -0.25) is 15.0 Å². The van der Waals surface area contributed by atoms with E-state index >= 15 is 0 Å².